The van der Waals surface area contributed by atoms with Gasteiger partial charge < -0.3 is 10.1 Å². The fraction of sp³-hybridized carbons (Fsp3) is 0.200. The van der Waals surface area contributed by atoms with E-state index in [1.54, 1.807) is 0 Å². The van der Waals surface area contributed by atoms with E-state index in [-0.39, 0.29) is 6.04 Å². The van der Waals surface area contributed by atoms with Crippen molar-refractivity contribution in [2.45, 2.75) is 13.0 Å². The van der Waals surface area contributed by atoms with Crippen LogP contribution < -0.4 is 10.1 Å². The summed E-state index contributed by atoms with van der Waals surface area (Å²) in [5.74, 6) is -0.383. The molecule has 0 aromatic heterocycles. The van der Waals surface area contributed by atoms with Gasteiger partial charge in [0.1, 0.15) is 24.0 Å². The molecule has 0 aliphatic carbocycles. The number of hydrogen-bond donors (Lipinski definition) is 1. The number of rotatable bonds is 1. The summed E-state index contributed by atoms with van der Waals surface area (Å²) >= 11 is 0. The highest BCUT2D eigenvalue weighted by atomic mass is 19.1. The summed E-state index contributed by atoms with van der Waals surface area (Å²) in [5, 5.41) is 3.24. The number of halogens is 2. The van der Waals surface area contributed by atoms with Gasteiger partial charge in [-0.15, -0.1) is 0 Å². The number of ether oxygens (including phenoxy) is 1. The zero-order chi connectivity index (χ0) is 13.4. The van der Waals surface area contributed by atoms with Gasteiger partial charge in [-0.1, -0.05) is 6.07 Å². The van der Waals surface area contributed by atoms with E-state index in [2.05, 4.69) is 5.32 Å². The van der Waals surface area contributed by atoms with E-state index in [0.717, 1.165) is 23.1 Å². The van der Waals surface area contributed by atoms with Crippen LogP contribution in [0.5, 0.6) is 5.75 Å². The second kappa shape index (κ2) is 4.53. The summed E-state index contributed by atoms with van der Waals surface area (Å²) in [6.07, 6.45) is 0. The maximum Gasteiger partial charge on any atom is 0.142 e. The van der Waals surface area contributed by atoms with Crippen LogP contribution >= 0.6 is 0 Å². The number of hydrogen-bond acceptors (Lipinski definition) is 2. The van der Waals surface area contributed by atoms with E-state index in [1.165, 1.54) is 12.1 Å². The van der Waals surface area contributed by atoms with Gasteiger partial charge in [-0.25, -0.2) is 8.78 Å². The fourth-order valence-corrected chi connectivity index (χ4v) is 2.23. The first-order chi connectivity index (χ1) is 9.11. The summed E-state index contributed by atoms with van der Waals surface area (Å²) in [6.45, 7) is 2.33. The monoisotopic (exact) mass is 261 g/mol. The van der Waals surface area contributed by atoms with Gasteiger partial charge in [0.2, 0.25) is 0 Å². The molecular formula is C15H13F2NO. The predicted octanol–water partition coefficient (Wildman–Crippen LogP) is 3.82. The fourth-order valence-electron chi connectivity index (χ4n) is 2.23. The Kier molecular flexibility index (Phi) is 2.85. The van der Waals surface area contributed by atoms with Crippen molar-refractivity contribution >= 4 is 5.69 Å². The first-order valence-electron chi connectivity index (χ1n) is 6.08. The molecule has 4 heteroatoms. The third-order valence-corrected chi connectivity index (χ3v) is 3.16. The Balaban J connectivity index is 1.91. The van der Waals surface area contributed by atoms with Gasteiger partial charge in [-0.3, -0.25) is 0 Å². The minimum absolute atomic E-state index is 0.250. The maximum absolute atomic E-state index is 13.2. The molecule has 1 heterocycles. The lowest BCUT2D eigenvalue weighted by atomic mass is 10.0. The summed E-state index contributed by atoms with van der Waals surface area (Å²) < 4.78 is 32.1. The highest BCUT2D eigenvalue weighted by Crippen LogP contribution is 2.34. The summed E-state index contributed by atoms with van der Waals surface area (Å²) in [6, 6.07) is 9.07. The Morgan fingerprint density at radius 3 is 2.58 bits per heavy atom. The Bertz CT molecular complexity index is 607. The van der Waals surface area contributed by atoms with E-state index in [1.807, 2.05) is 25.1 Å². The molecular weight excluding hydrogens is 248 g/mol. The molecule has 1 N–H and O–H groups in total. The number of benzene rings is 2. The molecule has 19 heavy (non-hydrogen) atoms. The summed E-state index contributed by atoms with van der Waals surface area (Å²) in [4.78, 5) is 0. The molecule has 0 saturated heterocycles. The second-order valence-electron chi connectivity index (χ2n) is 4.71. The Hall–Kier alpha value is -2.10. The van der Waals surface area contributed by atoms with E-state index >= 15 is 0 Å². The molecule has 0 bridgehead atoms. The number of anilines is 1. The molecule has 1 unspecified atom stereocenters. The molecule has 1 aliphatic heterocycles. The van der Waals surface area contributed by atoms with Crippen LogP contribution in [0.3, 0.4) is 0 Å². The zero-order valence-corrected chi connectivity index (χ0v) is 10.4. The topological polar surface area (TPSA) is 21.3 Å². The minimum atomic E-state index is -0.577. The van der Waals surface area contributed by atoms with Crippen LogP contribution in [-0.2, 0) is 0 Å². The highest BCUT2D eigenvalue weighted by molar-refractivity contribution is 5.60. The van der Waals surface area contributed by atoms with Crippen LogP contribution in [0.15, 0.2) is 36.4 Å². The molecule has 0 radical (unpaired) electrons. The SMILES string of the molecule is Cc1ccc2c(c1)OCC(c1cc(F)cc(F)c1)N2. The van der Waals surface area contributed by atoms with Gasteiger partial charge in [0.05, 0.1) is 11.7 Å². The molecule has 0 spiro atoms. The molecule has 1 atom stereocenters. The van der Waals surface area contributed by atoms with Gasteiger partial charge >= 0.3 is 0 Å². The zero-order valence-electron chi connectivity index (χ0n) is 10.4. The van der Waals surface area contributed by atoms with E-state index in [0.29, 0.717) is 12.2 Å². The van der Waals surface area contributed by atoms with Crippen molar-refractivity contribution in [3.63, 3.8) is 0 Å². The van der Waals surface area contributed by atoms with Crippen molar-refractivity contribution in [1.82, 2.24) is 0 Å². The van der Waals surface area contributed by atoms with Gasteiger partial charge in [0, 0.05) is 6.07 Å². The van der Waals surface area contributed by atoms with E-state index in [9.17, 15) is 8.78 Å². The normalized spacial score (nSPS) is 17.3. The van der Waals surface area contributed by atoms with Crippen molar-refractivity contribution in [3.05, 3.63) is 59.2 Å². The van der Waals surface area contributed by atoms with Gasteiger partial charge in [-0.05, 0) is 42.3 Å². The van der Waals surface area contributed by atoms with Crippen LogP contribution in [0.2, 0.25) is 0 Å². The van der Waals surface area contributed by atoms with Crippen LogP contribution in [0.4, 0.5) is 14.5 Å². The van der Waals surface area contributed by atoms with Crippen LogP contribution in [0, 0.1) is 18.6 Å². The number of aryl methyl sites for hydroxylation is 1. The van der Waals surface area contributed by atoms with Crippen molar-refractivity contribution in [2.24, 2.45) is 0 Å². The molecule has 0 fully saturated rings. The van der Waals surface area contributed by atoms with E-state index < -0.39 is 11.6 Å². The lowest BCUT2D eigenvalue weighted by Gasteiger charge is -2.28. The third-order valence-electron chi connectivity index (χ3n) is 3.16. The van der Waals surface area contributed by atoms with Crippen molar-refractivity contribution in [2.75, 3.05) is 11.9 Å². The molecule has 1 aliphatic rings. The molecule has 98 valence electrons. The predicted molar refractivity (Wildman–Crippen MR) is 69.4 cm³/mol. The third kappa shape index (κ3) is 2.38. The van der Waals surface area contributed by atoms with Gasteiger partial charge in [0.15, 0.2) is 0 Å². The highest BCUT2D eigenvalue weighted by Gasteiger charge is 2.21. The average Bonchev–Trinajstić information content (AvgIpc) is 2.37. The molecule has 2 nitrogen and oxygen atoms in total. The standard InChI is InChI=1S/C15H13F2NO/c1-9-2-3-13-15(4-9)19-8-14(18-13)10-5-11(16)7-12(17)6-10/h2-7,14,18H,8H2,1H3. The quantitative estimate of drug-likeness (QED) is 0.842. The first-order valence-corrected chi connectivity index (χ1v) is 6.08. The smallest absolute Gasteiger partial charge is 0.142 e. The Morgan fingerprint density at radius 1 is 1.11 bits per heavy atom. The molecule has 0 saturated carbocycles. The summed E-state index contributed by atoms with van der Waals surface area (Å²) in [5.41, 5.74) is 2.49. The lowest BCUT2D eigenvalue weighted by molar-refractivity contribution is 0.286. The van der Waals surface area contributed by atoms with Crippen molar-refractivity contribution in [1.29, 1.82) is 0 Å². The van der Waals surface area contributed by atoms with E-state index in [4.69, 9.17) is 4.74 Å². The Labute approximate surface area is 110 Å². The van der Waals surface area contributed by atoms with Crippen molar-refractivity contribution < 1.29 is 13.5 Å². The largest absolute Gasteiger partial charge is 0.489 e. The molecule has 3 rings (SSSR count). The number of nitrogens with one attached hydrogen (secondary N) is 1. The molecule has 0 amide bonds. The van der Waals surface area contributed by atoms with Crippen LogP contribution in [-0.4, -0.2) is 6.61 Å². The maximum atomic E-state index is 13.2. The van der Waals surface area contributed by atoms with Crippen LogP contribution in [0.1, 0.15) is 17.2 Å². The van der Waals surface area contributed by atoms with Crippen LogP contribution in [0.25, 0.3) is 0 Å². The summed E-state index contributed by atoms with van der Waals surface area (Å²) in [7, 11) is 0. The molecule has 2 aromatic carbocycles. The minimum Gasteiger partial charge on any atom is -0.489 e. The lowest BCUT2D eigenvalue weighted by Crippen LogP contribution is -2.24. The number of fused-ring (bicyclic) bond motifs is 1. The first kappa shape index (κ1) is 12.0. The molecule has 2 aromatic rings. The second-order valence-corrected chi connectivity index (χ2v) is 4.71. The van der Waals surface area contributed by atoms with Gasteiger partial charge in [0.25, 0.3) is 0 Å². The average molecular weight is 261 g/mol. The van der Waals surface area contributed by atoms with Gasteiger partial charge in [-0.2, -0.15) is 0 Å². The van der Waals surface area contributed by atoms with Crippen molar-refractivity contribution in [3.8, 4) is 5.75 Å². The Morgan fingerprint density at radius 2 is 1.84 bits per heavy atom.